The Labute approximate surface area is 158 Å². The highest BCUT2D eigenvalue weighted by Gasteiger charge is 2.29. The lowest BCUT2D eigenvalue weighted by molar-refractivity contribution is 0.0938. The molecule has 1 aliphatic carbocycles. The number of carbonyl (C=O) groups excluding carboxylic acids is 1. The van der Waals surface area contributed by atoms with Crippen molar-refractivity contribution in [2.45, 2.75) is 49.6 Å². The molecule has 1 aromatic carbocycles. The second-order valence-corrected chi connectivity index (χ2v) is 8.62. The van der Waals surface area contributed by atoms with Gasteiger partial charge in [0.15, 0.2) is 0 Å². The molecule has 1 aromatic heterocycles. The van der Waals surface area contributed by atoms with Crippen LogP contribution in [0, 0.1) is 0 Å². The largest absolute Gasteiger partial charge is 0.469 e. The van der Waals surface area contributed by atoms with Crippen LogP contribution in [-0.2, 0) is 16.4 Å². The van der Waals surface area contributed by atoms with Crippen molar-refractivity contribution in [1.82, 2.24) is 10.0 Å². The van der Waals surface area contributed by atoms with Crippen LogP contribution in [0.1, 0.15) is 42.3 Å². The fourth-order valence-electron chi connectivity index (χ4n) is 2.53. The van der Waals surface area contributed by atoms with E-state index in [2.05, 4.69) is 10.0 Å². The molecule has 3 rings (SSSR count). The quantitative estimate of drug-likeness (QED) is 0.717. The first-order valence-electron chi connectivity index (χ1n) is 8.50. The SMILES string of the molecule is C[C@H](CCc1ccco1)NC(=O)c1ccc(Cl)c(S(=O)(=O)NC2CC2)c1. The molecule has 2 aromatic rings. The van der Waals surface area contributed by atoms with Gasteiger partial charge in [-0.3, -0.25) is 4.79 Å². The second-order valence-electron chi connectivity index (χ2n) is 6.53. The van der Waals surface area contributed by atoms with E-state index < -0.39 is 10.0 Å². The predicted octanol–water partition coefficient (Wildman–Crippen LogP) is 3.12. The number of sulfonamides is 1. The molecular formula is C18H21ClN2O4S. The maximum Gasteiger partial charge on any atom is 0.251 e. The van der Waals surface area contributed by atoms with E-state index in [0.29, 0.717) is 12.8 Å². The molecule has 1 atom stereocenters. The number of furan rings is 1. The number of aryl methyl sites for hydroxylation is 1. The molecule has 0 aliphatic heterocycles. The smallest absolute Gasteiger partial charge is 0.251 e. The van der Waals surface area contributed by atoms with Gasteiger partial charge in [-0.05, 0) is 56.5 Å². The summed E-state index contributed by atoms with van der Waals surface area (Å²) < 4.78 is 32.6. The van der Waals surface area contributed by atoms with Gasteiger partial charge in [0, 0.05) is 24.1 Å². The Bertz CT molecular complexity index is 877. The third-order valence-corrected chi connectivity index (χ3v) is 6.17. The van der Waals surface area contributed by atoms with Gasteiger partial charge in [0.2, 0.25) is 10.0 Å². The van der Waals surface area contributed by atoms with Gasteiger partial charge >= 0.3 is 0 Å². The van der Waals surface area contributed by atoms with Crippen molar-refractivity contribution < 1.29 is 17.6 Å². The monoisotopic (exact) mass is 396 g/mol. The maximum atomic E-state index is 12.4. The fraction of sp³-hybridized carbons (Fsp3) is 0.389. The van der Waals surface area contributed by atoms with Crippen LogP contribution in [-0.4, -0.2) is 26.4 Å². The van der Waals surface area contributed by atoms with E-state index in [1.807, 2.05) is 19.1 Å². The third kappa shape index (κ3) is 4.87. The van der Waals surface area contributed by atoms with Crippen molar-refractivity contribution in [2.24, 2.45) is 0 Å². The Morgan fingerprint density at radius 3 is 2.77 bits per heavy atom. The van der Waals surface area contributed by atoms with Crippen LogP contribution in [0.5, 0.6) is 0 Å². The summed E-state index contributed by atoms with van der Waals surface area (Å²) in [4.78, 5) is 12.4. The van der Waals surface area contributed by atoms with Crippen LogP contribution in [0.4, 0.5) is 0 Å². The highest BCUT2D eigenvalue weighted by atomic mass is 35.5. The van der Waals surface area contributed by atoms with Crippen molar-refractivity contribution in [1.29, 1.82) is 0 Å². The summed E-state index contributed by atoms with van der Waals surface area (Å²) in [5.41, 5.74) is 0.260. The lowest BCUT2D eigenvalue weighted by Crippen LogP contribution is -2.33. The molecular weight excluding hydrogens is 376 g/mol. The standard InChI is InChI=1S/C18H21ClN2O4S/c1-12(4-8-15-3-2-10-25-15)20-18(22)13-5-9-16(19)17(11-13)26(23,24)21-14-6-7-14/h2-3,5,9-12,14,21H,4,6-8H2,1H3,(H,20,22)/t12-/m1/s1. The lowest BCUT2D eigenvalue weighted by atomic mass is 10.1. The van der Waals surface area contributed by atoms with Gasteiger partial charge in [-0.15, -0.1) is 0 Å². The first-order valence-corrected chi connectivity index (χ1v) is 10.4. The van der Waals surface area contributed by atoms with E-state index in [0.717, 1.165) is 18.6 Å². The normalized spacial score (nSPS) is 15.6. The molecule has 0 saturated heterocycles. The number of carbonyl (C=O) groups is 1. The van der Waals surface area contributed by atoms with Crippen LogP contribution in [0.3, 0.4) is 0 Å². The molecule has 0 radical (unpaired) electrons. The van der Waals surface area contributed by atoms with Crippen LogP contribution in [0.15, 0.2) is 45.9 Å². The summed E-state index contributed by atoms with van der Waals surface area (Å²) in [5, 5.41) is 2.97. The summed E-state index contributed by atoms with van der Waals surface area (Å²) in [6.45, 7) is 1.89. The van der Waals surface area contributed by atoms with E-state index in [4.69, 9.17) is 16.0 Å². The molecule has 0 unspecified atom stereocenters. The Balaban J connectivity index is 1.66. The number of rotatable bonds is 8. The van der Waals surface area contributed by atoms with E-state index in [1.165, 1.54) is 18.2 Å². The molecule has 1 aliphatic rings. The third-order valence-electron chi connectivity index (χ3n) is 4.16. The number of nitrogens with one attached hydrogen (secondary N) is 2. The topological polar surface area (TPSA) is 88.4 Å². The molecule has 140 valence electrons. The van der Waals surface area contributed by atoms with E-state index >= 15 is 0 Å². The molecule has 8 heteroatoms. The number of benzene rings is 1. The van der Waals surface area contributed by atoms with Gasteiger partial charge in [0.25, 0.3) is 5.91 Å². The molecule has 6 nitrogen and oxygen atoms in total. The van der Waals surface area contributed by atoms with Crippen molar-refractivity contribution in [3.63, 3.8) is 0 Å². The minimum atomic E-state index is -3.73. The van der Waals surface area contributed by atoms with E-state index in [9.17, 15) is 13.2 Å². The van der Waals surface area contributed by atoms with Crippen LogP contribution < -0.4 is 10.0 Å². The van der Waals surface area contributed by atoms with Gasteiger partial charge in [0.1, 0.15) is 10.7 Å². The number of halogens is 1. The molecule has 2 N–H and O–H groups in total. The lowest BCUT2D eigenvalue weighted by Gasteiger charge is -2.14. The minimum absolute atomic E-state index is 0.0322. The summed E-state index contributed by atoms with van der Waals surface area (Å²) in [6.07, 6.45) is 4.68. The van der Waals surface area contributed by atoms with E-state index in [1.54, 1.807) is 6.26 Å². The summed E-state index contributed by atoms with van der Waals surface area (Å²) in [7, 11) is -3.73. The van der Waals surface area contributed by atoms with Crippen LogP contribution >= 0.6 is 11.6 Å². The minimum Gasteiger partial charge on any atom is -0.469 e. The average Bonchev–Trinajstić information content (AvgIpc) is 3.23. The van der Waals surface area contributed by atoms with Crippen molar-refractivity contribution in [3.05, 3.63) is 52.9 Å². The Morgan fingerprint density at radius 1 is 1.35 bits per heavy atom. The summed E-state index contributed by atoms with van der Waals surface area (Å²) in [5.74, 6) is 0.522. The number of amides is 1. The first-order chi connectivity index (χ1) is 12.3. The van der Waals surface area contributed by atoms with Crippen molar-refractivity contribution >= 4 is 27.5 Å². The molecule has 0 bridgehead atoms. The molecule has 1 heterocycles. The first kappa shape index (κ1) is 18.9. The number of hydrogen-bond donors (Lipinski definition) is 2. The Kier molecular flexibility index (Phi) is 5.70. The number of hydrogen-bond acceptors (Lipinski definition) is 4. The van der Waals surface area contributed by atoms with Gasteiger partial charge in [-0.1, -0.05) is 11.6 Å². The van der Waals surface area contributed by atoms with Crippen molar-refractivity contribution in [2.75, 3.05) is 0 Å². The average molecular weight is 397 g/mol. The molecule has 1 fully saturated rings. The highest BCUT2D eigenvalue weighted by molar-refractivity contribution is 7.89. The zero-order valence-corrected chi connectivity index (χ0v) is 15.9. The molecule has 0 spiro atoms. The van der Waals surface area contributed by atoms with Gasteiger partial charge in [-0.2, -0.15) is 0 Å². The molecule has 26 heavy (non-hydrogen) atoms. The molecule has 1 saturated carbocycles. The Hall–Kier alpha value is -1.83. The van der Waals surface area contributed by atoms with Crippen LogP contribution in [0.2, 0.25) is 5.02 Å². The van der Waals surface area contributed by atoms with E-state index in [-0.39, 0.29) is 33.5 Å². The maximum absolute atomic E-state index is 12.4. The van der Waals surface area contributed by atoms with Crippen LogP contribution in [0.25, 0.3) is 0 Å². The zero-order chi connectivity index (χ0) is 18.7. The summed E-state index contributed by atoms with van der Waals surface area (Å²) >= 11 is 6.04. The van der Waals surface area contributed by atoms with Crippen molar-refractivity contribution in [3.8, 4) is 0 Å². The predicted molar refractivity (Wildman–Crippen MR) is 98.8 cm³/mol. The summed E-state index contributed by atoms with van der Waals surface area (Å²) in [6, 6.07) is 7.87. The second kappa shape index (κ2) is 7.82. The van der Waals surface area contributed by atoms with Gasteiger partial charge in [-0.25, -0.2) is 13.1 Å². The Morgan fingerprint density at radius 2 is 2.12 bits per heavy atom. The van der Waals surface area contributed by atoms with Gasteiger partial charge < -0.3 is 9.73 Å². The van der Waals surface area contributed by atoms with Gasteiger partial charge in [0.05, 0.1) is 11.3 Å². The zero-order valence-electron chi connectivity index (χ0n) is 14.4. The highest BCUT2D eigenvalue weighted by Crippen LogP contribution is 2.27. The fourth-order valence-corrected chi connectivity index (χ4v) is 4.36. The molecule has 1 amide bonds.